The minimum Gasteiger partial charge on any atom is -0.475 e. The number of hydrogen-bond acceptors (Lipinski definition) is 5. The van der Waals surface area contributed by atoms with Gasteiger partial charge in [0.15, 0.2) is 0 Å². The number of nitrogens with one attached hydrogen (secondary N) is 1. The van der Waals surface area contributed by atoms with Crippen LogP contribution in [0, 0.1) is 0 Å². The van der Waals surface area contributed by atoms with Crippen molar-refractivity contribution in [2.45, 2.75) is 6.10 Å². The molecule has 6 heteroatoms. The van der Waals surface area contributed by atoms with E-state index in [2.05, 4.69) is 10.3 Å². The first-order valence-electron chi connectivity index (χ1n) is 5.46. The van der Waals surface area contributed by atoms with Crippen LogP contribution in [-0.2, 0) is 4.74 Å². The second-order valence-corrected chi connectivity index (χ2v) is 3.76. The van der Waals surface area contributed by atoms with Crippen molar-refractivity contribution in [1.29, 1.82) is 0 Å². The van der Waals surface area contributed by atoms with Crippen molar-refractivity contribution in [3.05, 3.63) is 23.9 Å². The van der Waals surface area contributed by atoms with Crippen molar-refractivity contribution in [3.8, 4) is 5.88 Å². The minimum atomic E-state index is -0.496. The molecule has 0 aromatic carbocycles. The number of ether oxygens (including phenoxy) is 2. The number of nitrogens with zero attached hydrogens (tertiary/aromatic N) is 1. The van der Waals surface area contributed by atoms with E-state index in [-0.39, 0.29) is 6.10 Å². The molecule has 17 heavy (non-hydrogen) atoms. The molecular weight excluding hydrogens is 222 g/mol. The predicted molar refractivity (Wildman–Crippen MR) is 60.9 cm³/mol. The largest absolute Gasteiger partial charge is 0.475 e. The van der Waals surface area contributed by atoms with Gasteiger partial charge in [0, 0.05) is 25.4 Å². The molecule has 0 saturated carbocycles. The van der Waals surface area contributed by atoms with Crippen LogP contribution >= 0.6 is 0 Å². The summed E-state index contributed by atoms with van der Waals surface area (Å²) in [6, 6.07) is 3.21. The summed E-state index contributed by atoms with van der Waals surface area (Å²) in [5, 5.41) is 3.21. The van der Waals surface area contributed by atoms with E-state index < -0.39 is 5.91 Å². The summed E-state index contributed by atoms with van der Waals surface area (Å²) < 4.78 is 10.9. The third kappa shape index (κ3) is 3.40. The average molecular weight is 237 g/mol. The fourth-order valence-electron chi connectivity index (χ4n) is 1.52. The van der Waals surface area contributed by atoms with Gasteiger partial charge in [-0.25, -0.2) is 4.98 Å². The van der Waals surface area contributed by atoms with Crippen LogP contribution in [0.2, 0.25) is 0 Å². The lowest BCUT2D eigenvalue weighted by Gasteiger charge is -2.23. The van der Waals surface area contributed by atoms with Gasteiger partial charge in [-0.15, -0.1) is 0 Å². The van der Waals surface area contributed by atoms with Crippen molar-refractivity contribution in [2.75, 3.05) is 26.3 Å². The molecule has 1 fully saturated rings. The first kappa shape index (κ1) is 11.8. The van der Waals surface area contributed by atoms with Crippen LogP contribution in [0.4, 0.5) is 0 Å². The van der Waals surface area contributed by atoms with E-state index in [0.29, 0.717) is 24.7 Å². The Hall–Kier alpha value is -1.66. The summed E-state index contributed by atoms with van der Waals surface area (Å²) in [5.74, 6) is -0.0342. The van der Waals surface area contributed by atoms with Gasteiger partial charge in [0.05, 0.1) is 12.2 Å². The fourth-order valence-corrected chi connectivity index (χ4v) is 1.52. The molecule has 6 nitrogen and oxygen atoms in total. The molecule has 0 radical (unpaired) electrons. The second kappa shape index (κ2) is 5.60. The molecule has 1 amide bonds. The van der Waals surface area contributed by atoms with E-state index >= 15 is 0 Å². The van der Waals surface area contributed by atoms with E-state index in [1.54, 1.807) is 12.1 Å². The molecule has 0 bridgehead atoms. The lowest BCUT2D eigenvalue weighted by molar-refractivity contribution is -0.000746. The van der Waals surface area contributed by atoms with Crippen molar-refractivity contribution in [2.24, 2.45) is 5.73 Å². The van der Waals surface area contributed by atoms with Crippen molar-refractivity contribution in [1.82, 2.24) is 10.3 Å². The summed E-state index contributed by atoms with van der Waals surface area (Å²) in [5.41, 5.74) is 5.48. The quantitative estimate of drug-likeness (QED) is 0.740. The second-order valence-electron chi connectivity index (χ2n) is 3.76. The van der Waals surface area contributed by atoms with E-state index in [4.69, 9.17) is 15.2 Å². The van der Waals surface area contributed by atoms with Gasteiger partial charge in [0.2, 0.25) is 11.8 Å². The highest BCUT2D eigenvalue weighted by Crippen LogP contribution is 2.08. The number of primary amides is 1. The molecule has 2 heterocycles. The highest BCUT2D eigenvalue weighted by Gasteiger charge is 2.14. The molecule has 1 saturated heterocycles. The number of rotatable bonds is 4. The standard InChI is InChI=1S/C11H15N3O3/c12-11(15)8-1-2-10(14-5-8)17-7-9-6-13-3-4-16-9/h1-2,5,9,13H,3-4,6-7H2,(H2,12,15). The van der Waals surface area contributed by atoms with Gasteiger partial charge < -0.3 is 20.5 Å². The molecule has 0 spiro atoms. The highest BCUT2D eigenvalue weighted by molar-refractivity contribution is 5.92. The van der Waals surface area contributed by atoms with Crippen LogP contribution in [0.15, 0.2) is 18.3 Å². The van der Waals surface area contributed by atoms with E-state index in [1.165, 1.54) is 6.20 Å². The Balaban J connectivity index is 1.84. The molecule has 92 valence electrons. The Kier molecular flexibility index (Phi) is 3.89. The molecule has 1 aromatic heterocycles. The van der Waals surface area contributed by atoms with Gasteiger partial charge in [0.1, 0.15) is 12.7 Å². The molecule has 1 aromatic rings. The van der Waals surface area contributed by atoms with Crippen molar-refractivity contribution in [3.63, 3.8) is 0 Å². The van der Waals surface area contributed by atoms with Gasteiger partial charge in [0.25, 0.3) is 0 Å². The van der Waals surface area contributed by atoms with Gasteiger partial charge >= 0.3 is 0 Å². The molecule has 1 aliphatic rings. The summed E-state index contributed by atoms with van der Waals surface area (Å²) in [7, 11) is 0. The fraction of sp³-hybridized carbons (Fsp3) is 0.455. The summed E-state index contributed by atoms with van der Waals surface area (Å²) >= 11 is 0. The monoisotopic (exact) mass is 237 g/mol. The SMILES string of the molecule is NC(=O)c1ccc(OCC2CNCCO2)nc1. The lowest BCUT2D eigenvalue weighted by atomic mass is 10.3. The zero-order valence-electron chi connectivity index (χ0n) is 9.39. The molecule has 0 aliphatic carbocycles. The predicted octanol–water partition coefficient (Wildman–Crippen LogP) is -0.452. The summed E-state index contributed by atoms with van der Waals surface area (Å²) in [6.45, 7) is 2.79. The molecular formula is C11H15N3O3. The highest BCUT2D eigenvalue weighted by atomic mass is 16.5. The van der Waals surface area contributed by atoms with Crippen LogP contribution in [0.3, 0.4) is 0 Å². The smallest absolute Gasteiger partial charge is 0.250 e. The maximum atomic E-state index is 10.8. The third-order valence-electron chi connectivity index (χ3n) is 2.44. The molecule has 3 N–H and O–H groups in total. The zero-order chi connectivity index (χ0) is 12.1. The molecule has 1 aliphatic heterocycles. The van der Waals surface area contributed by atoms with Crippen LogP contribution in [-0.4, -0.2) is 43.3 Å². The number of hydrogen-bond donors (Lipinski definition) is 2. The van der Waals surface area contributed by atoms with E-state index in [9.17, 15) is 4.79 Å². The normalized spacial score (nSPS) is 19.9. The number of amides is 1. The van der Waals surface area contributed by atoms with Gasteiger partial charge in [-0.1, -0.05) is 0 Å². The molecule has 1 unspecified atom stereocenters. The Morgan fingerprint density at radius 3 is 3.12 bits per heavy atom. The molecule has 1 atom stereocenters. The van der Waals surface area contributed by atoms with E-state index in [1.807, 2.05) is 0 Å². The van der Waals surface area contributed by atoms with E-state index in [0.717, 1.165) is 13.1 Å². The first-order chi connectivity index (χ1) is 8.25. The number of aromatic nitrogens is 1. The van der Waals surface area contributed by atoms with Crippen LogP contribution < -0.4 is 15.8 Å². The van der Waals surface area contributed by atoms with Gasteiger partial charge in [-0.3, -0.25) is 4.79 Å². The summed E-state index contributed by atoms with van der Waals surface area (Å²) in [4.78, 5) is 14.8. The topological polar surface area (TPSA) is 86.5 Å². The number of carbonyl (C=O) groups excluding carboxylic acids is 1. The summed E-state index contributed by atoms with van der Waals surface area (Å²) in [6.07, 6.45) is 1.44. The van der Waals surface area contributed by atoms with Crippen molar-refractivity contribution >= 4 is 5.91 Å². The Labute approximate surface area is 99.1 Å². The van der Waals surface area contributed by atoms with Crippen LogP contribution in [0.5, 0.6) is 5.88 Å². The van der Waals surface area contributed by atoms with Crippen LogP contribution in [0.25, 0.3) is 0 Å². The molecule has 2 rings (SSSR count). The maximum absolute atomic E-state index is 10.8. The lowest BCUT2D eigenvalue weighted by Crippen LogP contribution is -2.41. The van der Waals surface area contributed by atoms with Crippen LogP contribution in [0.1, 0.15) is 10.4 Å². The van der Waals surface area contributed by atoms with Crippen molar-refractivity contribution < 1.29 is 14.3 Å². The number of pyridine rings is 1. The minimum absolute atomic E-state index is 0.0429. The van der Waals surface area contributed by atoms with Gasteiger partial charge in [-0.2, -0.15) is 0 Å². The Bertz CT molecular complexity index is 374. The third-order valence-corrected chi connectivity index (χ3v) is 2.44. The number of morpholine rings is 1. The first-order valence-corrected chi connectivity index (χ1v) is 5.46. The maximum Gasteiger partial charge on any atom is 0.250 e. The average Bonchev–Trinajstić information content (AvgIpc) is 2.38. The Morgan fingerprint density at radius 1 is 1.65 bits per heavy atom. The number of nitrogens with two attached hydrogens (primary N) is 1. The van der Waals surface area contributed by atoms with Gasteiger partial charge in [-0.05, 0) is 6.07 Å². The zero-order valence-corrected chi connectivity index (χ0v) is 9.39. The Morgan fingerprint density at radius 2 is 2.53 bits per heavy atom. The number of carbonyl (C=O) groups is 1.